The maximum absolute atomic E-state index is 14.2. The number of benzene rings is 1. The summed E-state index contributed by atoms with van der Waals surface area (Å²) < 4.78 is 17.6. The third-order valence-corrected chi connectivity index (χ3v) is 10.7. The van der Waals surface area contributed by atoms with E-state index in [1.165, 1.54) is 7.11 Å². The van der Waals surface area contributed by atoms with E-state index in [0.29, 0.717) is 19.4 Å². The van der Waals surface area contributed by atoms with Crippen LogP contribution in [0.1, 0.15) is 79.7 Å². The maximum atomic E-state index is 14.2. The number of hydrogen-bond acceptors (Lipinski definition) is 9. The number of carbonyl (C=O) groups is 4. The van der Waals surface area contributed by atoms with Crippen molar-refractivity contribution in [3.63, 3.8) is 0 Å². The van der Waals surface area contributed by atoms with Crippen LogP contribution in [-0.2, 0) is 39.8 Å². The van der Waals surface area contributed by atoms with Crippen molar-refractivity contribution in [2.45, 2.75) is 123 Å². The highest BCUT2D eigenvalue weighted by Crippen LogP contribution is 2.30. The molecule has 0 saturated carbocycles. The zero-order valence-corrected chi connectivity index (χ0v) is 33.8. The first-order chi connectivity index (χ1) is 24.5. The van der Waals surface area contributed by atoms with E-state index < -0.39 is 42.3 Å². The van der Waals surface area contributed by atoms with Crippen LogP contribution >= 0.6 is 0 Å². The Morgan fingerprint density at radius 1 is 0.962 bits per heavy atom. The van der Waals surface area contributed by atoms with Crippen molar-refractivity contribution in [1.82, 2.24) is 20.0 Å². The lowest BCUT2D eigenvalue weighted by molar-refractivity contribution is -0.163. The van der Waals surface area contributed by atoms with E-state index in [1.807, 2.05) is 90.9 Å². The molecule has 1 aromatic carbocycles. The average Bonchev–Trinajstić information content (AvgIpc) is 3.59. The minimum absolute atomic E-state index is 0.0157. The normalized spacial score (nSPS) is 19.5. The first kappa shape index (κ1) is 45.1. The SMILES string of the molecule is CC[C@H](C)[C@@H](C(=O)N[C@H](C(=O)N(C)[C@H](C(C)C)[C@@H](CC(=O)N1CCC[C@@H]1[C@H](OC)[C@@H](C)C(=O)O[C@H](CO)Cc1ccccc1)OC)C(C)C)N(C)C. The molecule has 12 nitrogen and oxygen atoms in total. The van der Waals surface area contributed by atoms with Gasteiger partial charge in [0.2, 0.25) is 17.7 Å². The summed E-state index contributed by atoms with van der Waals surface area (Å²) in [5.74, 6) is -1.93. The molecule has 52 heavy (non-hydrogen) atoms. The smallest absolute Gasteiger partial charge is 0.311 e. The van der Waals surface area contributed by atoms with Gasteiger partial charge in [-0.1, -0.05) is 78.3 Å². The number of nitrogens with one attached hydrogen (secondary N) is 1. The fourth-order valence-electron chi connectivity index (χ4n) is 7.67. The van der Waals surface area contributed by atoms with Crippen LogP contribution in [0.15, 0.2) is 30.3 Å². The van der Waals surface area contributed by atoms with Crippen molar-refractivity contribution in [1.29, 1.82) is 0 Å². The minimum Gasteiger partial charge on any atom is -0.459 e. The lowest BCUT2D eigenvalue weighted by Crippen LogP contribution is -2.59. The maximum Gasteiger partial charge on any atom is 0.311 e. The molecule has 3 amide bonds. The first-order valence-corrected chi connectivity index (χ1v) is 19.0. The van der Waals surface area contributed by atoms with Gasteiger partial charge in [0.15, 0.2) is 0 Å². The largest absolute Gasteiger partial charge is 0.459 e. The Labute approximate surface area is 312 Å². The molecule has 0 radical (unpaired) electrons. The second-order valence-electron chi connectivity index (χ2n) is 15.4. The standard InChI is InChI=1S/C40H68N4O8/c1-13-27(6)36(42(8)9)38(47)41-34(25(2)3)39(48)43(10)35(26(4)5)32(50-11)23-33(46)44-21-17-20-31(44)37(51-12)28(7)40(49)52-30(24-45)22-29-18-15-14-16-19-29/h14-16,18-19,25-28,30-32,34-37,45H,13,17,20-24H2,1-12H3,(H,41,47)/t27-,28+,30-,31+,32+,34-,35+,36-,37+/m0/s1. The van der Waals surface area contributed by atoms with E-state index in [9.17, 15) is 24.3 Å². The van der Waals surface area contributed by atoms with Crippen LogP contribution in [0.3, 0.4) is 0 Å². The Balaban J connectivity index is 2.22. The number of methoxy groups -OCH3 is 2. The number of aliphatic hydroxyl groups excluding tert-OH is 1. The topological polar surface area (TPSA) is 138 Å². The number of rotatable bonds is 21. The van der Waals surface area contributed by atoms with Gasteiger partial charge in [0.05, 0.1) is 49.3 Å². The summed E-state index contributed by atoms with van der Waals surface area (Å²) >= 11 is 0. The van der Waals surface area contributed by atoms with Gasteiger partial charge >= 0.3 is 5.97 Å². The van der Waals surface area contributed by atoms with E-state index in [1.54, 1.807) is 30.9 Å². The van der Waals surface area contributed by atoms with Crippen LogP contribution < -0.4 is 5.32 Å². The lowest BCUT2D eigenvalue weighted by Gasteiger charge is -2.40. The van der Waals surface area contributed by atoms with Gasteiger partial charge in [-0.25, -0.2) is 0 Å². The van der Waals surface area contributed by atoms with Gasteiger partial charge in [-0.2, -0.15) is 0 Å². The Bertz CT molecular complexity index is 1260. The molecule has 0 bridgehead atoms. The van der Waals surface area contributed by atoms with Gasteiger partial charge in [-0.05, 0) is 57.2 Å². The van der Waals surface area contributed by atoms with E-state index >= 15 is 0 Å². The van der Waals surface area contributed by atoms with Crippen molar-refractivity contribution in [2.75, 3.05) is 48.5 Å². The Morgan fingerprint density at radius 2 is 1.60 bits per heavy atom. The molecule has 1 aliphatic rings. The van der Waals surface area contributed by atoms with Crippen molar-refractivity contribution in [3.05, 3.63) is 35.9 Å². The van der Waals surface area contributed by atoms with Crippen LogP contribution in [0.5, 0.6) is 0 Å². The molecule has 9 atom stereocenters. The highest BCUT2D eigenvalue weighted by molar-refractivity contribution is 5.90. The Kier molecular flexibility index (Phi) is 18.7. The molecule has 1 aromatic rings. The van der Waals surface area contributed by atoms with Gasteiger partial charge in [0.1, 0.15) is 12.1 Å². The molecule has 12 heteroatoms. The number of esters is 1. The molecule has 2 rings (SSSR count). The van der Waals surface area contributed by atoms with Crippen LogP contribution in [0.25, 0.3) is 0 Å². The molecule has 0 unspecified atom stereocenters. The number of ether oxygens (including phenoxy) is 3. The monoisotopic (exact) mass is 733 g/mol. The fraction of sp³-hybridized carbons (Fsp3) is 0.750. The number of aliphatic hydroxyl groups is 1. The zero-order valence-electron chi connectivity index (χ0n) is 33.8. The quantitative estimate of drug-likeness (QED) is 0.181. The van der Waals surface area contributed by atoms with Gasteiger partial charge in [-0.15, -0.1) is 0 Å². The van der Waals surface area contributed by atoms with Crippen LogP contribution in [-0.4, -0.2) is 134 Å². The number of likely N-dealkylation sites (N-methyl/N-ethyl adjacent to an activating group) is 2. The summed E-state index contributed by atoms with van der Waals surface area (Å²) in [7, 11) is 8.54. The van der Waals surface area contributed by atoms with Crippen LogP contribution in [0.2, 0.25) is 0 Å². The number of amides is 3. The summed E-state index contributed by atoms with van der Waals surface area (Å²) in [5, 5.41) is 13.0. The molecule has 1 aliphatic heterocycles. The number of hydrogen-bond donors (Lipinski definition) is 2. The fourth-order valence-corrected chi connectivity index (χ4v) is 7.67. The predicted octanol–water partition coefficient (Wildman–Crippen LogP) is 3.78. The molecule has 296 valence electrons. The van der Waals surface area contributed by atoms with Crippen molar-refractivity contribution >= 4 is 23.7 Å². The highest BCUT2D eigenvalue weighted by Gasteiger charge is 2.43. The van der Waals surface area contributed by atoms with Gasteiger partial charge in [0.25, 0.3) is 0 Å². The molecular formula is C40H68N4O8. The van der Waals surface area contributed by atoms with E-state index in [4.69, 9.17) is 14.2 Å². The molecule has 1 heterocycles. The third kappa shape index (κ3) is 12.0. The summed E-state index contributed by atoms with van der Waals surface area (Å²) in [6, 6.07) is 7.55. The number of carbonyl (C=O) groups excluding carboxylic acids is 4. The van der Waals surface area contributed by atoms with Gasteiger partial charge < -0.3 is 34.4 Å². The minimum atomic E-state index is -0.761. The summed E-state index contributed by atoms with van der Waals surface area (Å²) in [6.45, 7) is 13.8. The molecule has 0 spiro atoms. The van der Waals surface area contributed by atoms with Crippen molar-refractivity contribution in [2.24, 2.45) is 23.7 Å². The highest BCUT2D eigenvalue weighted by atomic mass is 16.6. The second kappa shape index (κ2) is 21.6. The molecule has 1 saturated heterocycles. The number of nitrogens with zero attached hydrogens (tertiary/aromatic N) is 3. The summed E-state index contributed by atoms with van der Waals surface area (Å²) in [6.07, 6.45) is 0.652. The third-order valence-electron chi connectivity index (χ3n) is 10.7. The predicted molar refractivity (Wildman–Crippen MR) is 202 cm³/mol. The zero-order chi connectivity index (χ0) is 39.3. The van der Waals surface area contributed by atoms with E-state index in [2.05, 4.69) is 5.32 Å². The molecule has 1 fully saturated rings. The first-order valence-electron chi connectivity index (χ1n) is 19.0. The molecule has 0 aromatic heterocycles. The molecule has 2 N–H and O–H groups in total. The van der Waals surface area contributed by atoms with Gasteiger partial charge in [-0.3, -0.25) is 24.1 Å². The summed E-state index contributed by atoms with van der Waals surface area (Å²) in [5.41, 5.74) is 0.946. The average molecular weight is 733 g/mol. The molecular weight excluding hydrogens is 664 g/mol. The lowest BCUT2D eigenvalue weighted by atomic mass is 9.91. The van der Waals surface area contributed by atoms with Crippen LogP contribution in [0, 0.1) is 23.7 Å². The second-order valence-corrected chi connectivity index (χ2v) is 15.4. The number of likely N-dealkylation sites (tertiary alicyclic amines) is 1. The van der Waals surface area contributed by atoms with E-state index in [-0.39, 0.29) is 60.6 Å². The van der Waals surface area contributed by atoms with Crippen molar-refractivity contribution in [3.8, 4) is 0 Å². The summed E-state index contributed by atoms with van der Waals surface area (Å²) in [4.78, 5) is 60.4. The molecule has 0 aliphatic carbocycles. The Hall–Kier alpha value is -3.06. The van der Waals surface area contributed by atoms with Crippen LogP contribution in [0.4, 0.5) is 0 Å². The van der Waals surface area contributed by atoms with Gasteiger partial charge in [0, 0.05) is 34.2 Å². The van der Waals surface area contributed by atoms with E-state index in [0.717, 1.165) is 18.4 Å². The Morgan fingerprint density at radius 3 is 2.10 bits per heavy atom. The van der Waals surface area contributed by atoms with Crippen molar-refractivity contribution < 1.29 is 38.5 Å².